The van der Waals surface area contributed by atoms with E-state index in [0.717, 1.165) is 16.9 Å². The van der Waals surface area contributed by atoms with E-state index in [1.807, 2.05) is 30.3 Å². The van der Waals surface area contributed by atoms with Gasteiger partial charge < -0.3 is 5.11 Å². The highest BCUT2D eigenvalue weighted by Crippen LogP contribution is 2.23. The lowest BCUT2D eigenvalue weighted by Gasteiger charge is -2.17. The molecule has 8 heteroatoms. The second kappa shape index (κ2) is 6.25. The molecule has 0 aliphatic heterocycles. The molecular formula is C13H14N2O4S2. The fraction of sp³-hybridized carbons (Fsp3) is 0.154. The zero-order chi connectivity index (χ0) is 15.5. The maximum absolute atomic E-state index is 12.2. The molecule has 0 bridgehead atoms. The van der Waals surface area contributed by atoms with Crippen molar-refractivity contribution in [3.63, 3.8) is 0 Å². The molecule has 0 spiro atoms. The van der Waals surface area contributed by atoms with Crippen LogP contribution in [-0.2, 0) is 16.8 Å². The first-order chi connectivity index (χ1) is 9.88. The fourth-order valence-electron chi connectivity index (χ4n) is 1.64. The van der Waals surface area contributed by atoms with Crippen molar-refractivity contribution in [1.82, 2.24) is 4.31 Å². The Bertz CT molecular complexity index is 726. The largest absolute Gasteiger partial charge is 0.477 e. The first-order valence-corrected chi connectivity index (χ1v) is 8.25. The van der Waals surface area contributed by atoms with E-state index in [0.29, 0.717) is 0 Å². The predicted molar refractivity (Wildman–Crippen MR) is 81.7 cm³/mol. The van der Waals surface area contributed by atoms with Crippen molar-refractivity contribution >= 4 is 32.5 Å². The third kappa shape index (κ3) is 4.03. The Morgan fingerprint density at radius 1 is 1.24 bits per heavy atom. The third-order valence-electron chi connectivity index (χ3n) is 2.70. The summed E-state index contributed by atoms with van der Waals surface area (Å²) in [5.41, 5.74) is 0.864. The highest BCUT2D eigenvalue weighted by molar-refractivity contribution is 7.90. The number of hydrogen-bond donors (Lipinski definition) is 2. The SMILES string of the molecule is CN(Cc1ccccc1)S(=O)(=O)Nc1ccc(C(=O)O)s1. The van der Waals surface area contributed by atoms with E-state index in [4.69, 9.17) is 5.11 Å². The number of thiophene rings is 1. The fourth-order valence-corrected chi connectivity index (χ4v) is 3.51. The van der Waals surface area contributed by atoms with E-state index in [2.05, 4.69) is 4.72 Å². The molecule has 6 nitrogen and oxygen atoms in total. The van der Waals surface area contributed by atoms with E-state index in [9.17, 15) is 13.2 Å². The van der Waals surface area contributed by atoms with Gasteiger partial charge in [-0.1, -0.05) is 30.3 Å². The zero-order valence-electron chi connectivity index (χ0n) is 11.2. The van der Waals surface area contributed by atoms with Crippen molar-refractivity contribution in [2.45, 2.75) is 6.54 Å². The molecule has 0 aliphatic carbocycles. The molecule has 2 rings (SSSR count). The topological polar surface area (TPSA) is 86.7 Å². The molecule has 1 heterocycles. The van der Waals surface area contributed by atoms with Crippen LogP contribution >= 0.6 is 11.3 Å². The maximum atomic E-state index is 12.2. The number of carbonyl (C=O) groups is 1. The number of nitrogens with one attached hydrogen (secondary N) is 1. The quantitative estimate of drug-likeness (QED) is 0.852. The lowest BCUT2D eigenvalue weighted by molar-refractivity contribution is 0.0702. The molecule has 0 aliphatic rings. The van der Waals surface area contributed by atoms with Gasteiger partial charge in [0.1, 0.15) is 9.88 Å². The Hall–Kier alpha value is -1.90. The molecule has 0 saturated heterocycles. The Kier molecular flexibility index (Phi) is 4.61. The number of carboxylic acid groups (broad SMARTS) is 1. The van der Waals surface area contributed by atoms with Gasteiger partial charge in [-0.25, -0.2) is 4.79 Å². The minimum absolute atomic E-state index is 0.0819. The van der Waals surface area contributed by atoms with Gasteiger partial charge in [-0.05, 0) is 17.7 Å². The molecule has 0 unspecified atom stereocenters. The molecule has 0 fully saturated rings. The Labute approximate surface area is 126 Å². The Balaban J connectivity index is 2.08. The van der Waals surface area contributed by atoms with E-state index in [-0.39, 0.29) is 16.4 Å². The maximum Gasteiger partial charge on any atom is 0.345 e. The zero-order valence-corrected chi connectivity index (χ0v) is 12.8. The summed E-state index contributed by atoms with van der Waals surface area (Å²) in [5, 5.41) is 9.09. The highest BCUT2D eigenvalue weighted by atomic mass is 32.2. The van der Waals surface area contributed by atoms with Gasteiger partial charge >= 0.3 is 16.2 Å². The summed E-state index contributed by atoms with van der Waals surface area (Å²) in [6, 6.07) is 12.0. The van der Waals surface area contributed by atoms with Gasteiger partial charge in [0, 0.05) is 13.6 Å². The van der Waals surface area contributed by atoms with Crippen LogP contribution in [0.25, 0.3) is 0 Å². The molecule has 2 aromatic rings. The second-order valence-corrected chi connectivity index (χ2v) is 7.18. The summed E-state index contributed by atoms with van der Waals surface area (Å²) >= 11 is 0.875. The molecule has 1 aromatic carbocycles. The van der Waals surface area contributed by atoms with Crippen molar-refractivity contribution in [2.75, 3.05) is 11.8 Å². The minimum Gasteiger partial charge on any atom is -0.477 e. The first kappa shape index (κ1) is 15.5. The summed E-state index contributed by atoms with van der Waals surface area (Å²) in [7, 11) is -2.26. The number of rotatable bonds is 6. The van der Waals surface area contributed by atoms with Crippen molar-refractivity contribution in [1.29, 1.82) is 0 Å². The van der Waals surface area contributed by atoms with Gasteiger partial charge in [-0.15, -0.1) is 11.3 Å². The van der Waals surface area contributed by atoms with E-state index in [1.165, 1.54) is 23.5 Å². The van der Waals surface area contributed by atoms with Crippen molar-refractivity contribution in [2.24, 2.45) is 0 Å². The van der Waals surface area contributed by atoms with Crippen molar-refractivity contribution in [3.8, 4) is 0 Å². The van der Waals surface area contributed by atoms with Crippen LogP contribution < -0.4 is 4.72 Å². The lowest BCUT2D eigenvalue weighted by atomic mass is 10.2. The van der Waals surface area contributed by atoms with Crippen molar-refractivity contribution in [3.05, 3.63) is 52.9 Å². The van der Waals surface area contributed by atoms with Crippen LogP contribution in [0.2, 0.25) is 0 Å². The lowest BCUT2D eigenvalue weighted by Crippen LogP contribution is -2.31. The first-order valence-electron chi connectivity index (χ1n) is 5.99. The molecule has 1 aromatic heterocycles. The van der Waals surface area contributed by atoms with Crippen LogP contribution in [0, 0.1) is 0 Å². The van der Waals surface area contributed by atoms with Crippen LogP contribution in [0.4, 0.5) is 5.00 Å². The molecule has 0 amide bonds. The summed E-state index contributed by atoms with van der Waals surface area (Å²) < 4.78 is 27.9. The average molecular weight is 326 g/mol. The number of hydrogen-bond acceptors (Lipinski definition) is 4. The summed E-state index contributed by atoms with van der Waals surface area (Å²) in [4.78, 5) is 10.9. The Morgan fingerprint density at radius 3 is 2.48 bits per heavy atom. The number of nitrogens with zero attached hydrogens (tertiary/aromatic N) is 1. The summed E-state index contributed by atoms with van der Waals surface area (Å²) in [5.74, 6) is -1.08. The smallest absolute Gasteiger partial charge is 0.345 e. The summed E-state index contributed by atoms with van der Waals surface area (Å²) in [6.45, 7) is 0.230. The van der Waals surface area contributed by atoms with E-state index < -0.39 is 16.2 Å². The van der Waals surface area contributed by atoms with Crippen LogP contribution in [0.5, 0.6) is 0 Å². The molecule has 0 atom stereocenters. The third-order valence-corrected chi connectivity index (χ3v) is 5.25. The monoisotopic (exact) mass is 326 g/mol. The van der Waals surface area contributed by atoms with Gasteiger partial charge in [-0.3, -0.25) is 4.72 Å². The number of carboxylic acids is 1. The summed E-state index contributed by atoms with van der Waals surface area (Å²) in [6.07, 6.45) is 0. The molecule has 21 heavy (non-hydrogen) atoms. The van der Waals surface area contributed by atoms with Crippen molar-refractivity contribution < 1.29 is 18.3 Å². The average Bonchev–Trinajstić information content (AvgIpc) is 2.88. The van der Waals surface area contributed by atoms with Crippen LogP contribution in [0.1, 0.15) is 15.2 Å². The van der Waals surface area contributed by atoms with Gasteiger partial charge in [0.05, 0.1) is 0 Å². The number of benzene rings is 1. The standard InChI is InChI=1S/C13H14N2O4S2/c1-15(9-10-5-3-2-4-6-10)21(18,19)14-12-8-7-11(20-12)13(16)17/h2-8,14H,9H2,1H3,(H,16,17). The molecule has 2 N–H and O–H groups in total. The van der Waals surface area contributed by atoms with Gasteiger partial charge in [0.25, 0.3) is 0 Å². The Morgan fingerprint density at radius 2 is 1.90 bits per heavy atom. The van der Waals surface area contributed by atoms with Gasteiger partial charge in [0.15, 0.2) is 0 Å². The molecule has 112 valence electrons. The molecule has 0 saturated carbocycles. The molecule has 0 radical (unpaired) electrons. The van der Waals surface area contributed by atoms with E-state index >= 15 is 0 Å². The van der Waals surface area contributed by atoms with Gasteiger partial charge in [0.2, 0.25) is 0 Å². The number of aromatic carboxylic acids is 1. The predicted octanol–water partition coefficient (Wildman–Crippen LogP) is 2.23. The minimum atomic E-state index is -3.72. The van der Waals surface area contributed by atoms with Crippen LogP contribution in [-0.4, -0.2) is 30.8 Å². The van der Waals surface area contributed by atoms with Crippen LogP contribution in [0.15, 0.2) is 42.5 Å². The normalized spacial score (nSPS) is 11.5. The number of anilines is 1. The second-order valence-electron chi connectivity index (χ2n) is 4.32. The van der Waals surface area contributed by atoms with Gasteiger partial charge in [-0.2, -0.15) is 12.7 Å². The van der Waals surface area contributed by atoms with E-state index in [1.54, 1.807) is 0 Å². The highest BCUT2D eigenvalue weighted by Gasteiger charge is 2.19. The molecular weight excluding hydrogens is 312 g/mol. The van der Waals surface area contributed by atoms with Crippen LogP contribution in [0.3, 0.4) is 0 Å².